The maximum absolute atomic E-state index is 11.2. The van der Waals surface area contributed by atoms with Gasteiger partial charge in [-0.2, -0.15) is 0 Å². The standard InChI is InChI=1S/C9H13N3OS/c1-6(9(13)11-2)14-8-3-4-12-5-7(8)10/h3-6H,10H2,1-2H3,(H,11,13). The Morgan fingerprint density at radius 2 is 2.43 bits per heavy atom. The topological polar surface area (TPSA) is 68.0 Å². The summed E-state index contributed by atoms with van der Waals surface area (Å²) in [6, 6.07) is 1.80. The van der Waals surface area contributed by atoms with E-state index in [2.05, 4.69) is 10.3 Å². The van der Waals surface area contributed by atoms with Gasteiger partial charge < -0.3 is 11.1 Å². The summed E-state index contributed by atoms with van der Waals surface area (Å²) in [5.41, 5.74) is 6.30. The molecule has 0 saturated heterocycles. The van der Waals surface area contributed by atoms with E-state index in [9.17, 15) is 4.79 Å². The molecule has 0 saturated carbocycles. The van der Waals surface area contributed by atoms with E-state index < -0.39 is 0 Å². The molecule has 0 aromatic carbocycles. The van der Waals surface area contributed by atoms with E-state index >= 15 is 0 Å². The Morgan fingerprint density at radius 1 is 1.71 bits per heavy atom. The Bertz CT molecular complexity index is 330. The predicted molar refractivity (Wildman–Crippen MR) is 58.0 cm³/mol. The van der Waals surface area contributed by atoms with Crippen molar-refractivity contribution in [1.29, 1.82) is 0 Å². The van der Waals surface area contributed by atoms with Crippen molar-refractivity contribution in [1.82, 2.24) is 10.3 Å². The number of nitrogens with one attached hydrogen (secondary N) is 1. The van der Waals surface area contributed by atoms with Crippen molar-refractivity contribution >= 4 is 23.4 Å². The Balaban J connectivity index is 2.69. The number of aromatic nitrogens is 1. The molecule has 0 spiro atoms. The molecule has 0 aliphatic heterocycles. The zero-order valence-corrected chi connectivity index (χ0v) is 8.97. The Morgan fingerprint density at radius 3 is 3.00 bits per heavy atom. The number of hydrogen-bond donors (Lipinski definition) is 2. The van der Waals surface area contributed by atoms with Crippen LogP contribution in [0.5, 0.6) is 0 Å². The van der Waals surface area contributed by atoms with Crippen molar-refractivity contribution < 1.29 is 4.79 Å². The van der Waals surface area contributed by atoms with Gasteiger partial charge in [-0.05, 0) is 13.0 Å². The third-order valence-electron chi connectivity index (χ3n) is 1.73. The second kappa shape index (κ2) is 4.85. The van der Waals surface area contributed by atoms with E-state index in [1.54, 1.807) is 25.5 Å². The van der Waals surface area contributed by atoms with E-state index in [-0.39, 0.29) is 11.2 Å². The van der Waals surface area contributed by atoms with Crippen LogP contribution >= 0.6 is 11.8 Å². The highest BCUT2D eigenvalue weighted by molar-refractivity contribution is 8.00. The summed E-state index contributed by atoms with van der Waals surface area (Å²) in [5.74, 6) is -0.00814. The first-order valence-electron chi connectivity index (χ1n) is 4.23. The number of thioether (sulfide) groups is 1. The van der Waals surface area contributed by atoms with Crippen molar-refractivity contribution in [2.24, 2.45) is 0 Å². The van der Waals surface area contributed by atoms with Crippen LogP contribution in [0, 0.1) is 0 Å². The quantitative estimate of drug-likeness (QED) is 0.729. The van der Waals surface area contributed by atoms with E-state index in [1.807, 2.05) is 6.92 Å². The molecule has 14 heavy (non-hydrogen) atoms. The van der Waals surface area contributed by atoms with Gasteiger partial charge >= 0.3 is 0 Å². The summed E-state index contributed by atoms with van der Waals surface area (Å²) in [6.07, 6.45) is 3.24. The number of carbonyl (C=O) groups excluding carboxylic acids is 1. The summed E-state index contributed by atoms with van der Waals surface area (Å²) >= 11 is 1.43. The number of pyridine rings is 1. The maximum Gasteiger partial charge on any atom is 0.232 e. The maximum atomic E-state index is 11.2. The number of nitrogen functional groups attached to an aromatic ring is 1. The summed E-state index contributed by atoms with van der Waals surface area (Å²) in [6.45, 7) is 1.84. The van der Waals surface area contributed by atoms with Crippen LogP contribution in [0.15, 0.2) is 23.4 Å². The van der Waals surface area contributed by atoms with Crippen molar-refractivity contribution in [3.05, 3.63) is 18.5 Å². The molecule has 1 heterocycles. The summed E-state index contributed by atoms with van der Waals surface area (Å²) in [7, 11) is 1.62. The monoisotopic (exact) mass is 211 g/mol. The predicted octanol–water partition coefficient (Wildman–Crippen LogP) is 0.890. The number of amides is 1. The average Bonchev–Trinajstić information content (AvgIpc) is 2.20. The average molecular weight is 211 g/mol. The van der Waals surface area contributed by atoms with Crippen molar-refractivity contribution in [3.63, 3.8) is 0 Å². The third kappa shape index (κ3) is 2.63. The van der Waals surface area contributed by atoms with Gasteiger partial charge in [0.25, 0.3) is 0 Å². The van der Waals surface area contributed by atoms with Crippen LogP contribution in [0.3, 0.4) is 0 Å². The SMILES string of the molecule is CNC(=O)C(C)Sc1ccncc1N. The first-order chi connectivity index (χ1) is 6.65. The van der Waals surface area contributed by atoms with E-state index in [0.29, 0.717) is 5.69 Å². The lowest BCUT2D eigenvalue weighted by Crippen LogP contribution is -2.27. The lowest BCUT2D eigenvalue weighted by atomic mass is 10.4. The molecule has 5 heteroatoms. The zero-order chi connectivity index (χ0) is 10.6. The number of rotatable bonds is 3. The molecule has 3 N–H and O–H groups in total. The van der Waals surface area contributed by atoms with E-state index in [1.165, 1.54) is 11.8 Å². The van der Waals surface area contributed by atoms with Crippen LogP contribution < -0.4 is 11.1 Å². The number of hydrogen-bond acceptors (Lipinski definition) is 4. The molecule has 0 bridgehead atoms. The molecule has 1 aromatic heterocycles. The van der Waals surface area contributed by atoms with E-state index in [4.69, 9.17) is 5.73 Å². The zero-order valence-electron chi connectivity index (χ0n) is 8.15. The number of anilines is 1. The minimum atomic E-state index is -0.148. The lowest BCUT2D eigenvalue weighted by molar-refractivity contribution is -0.119. The normalized spacial score (nSPS) is 12.1. The fraction of sp³-hybridized carbons (Fsp3) is 0.333. The third-order valence-corrected chi connectivity index (χ3v) is 2.92. The van der Waals surface area contributed by atoms with Crippen molar-refractivity contribution in [3.8, 4) is 0 Å². The molecule has 0 aliphatic rings. The van der Waals surface area contributed by atoms with Gasteiger partial charge in [-0.3, -0.25) is 9.78 Å². The number of carbonyl (C=O) groups is 1. The molecule has 1 rings (SSSR count). The summed E-state index contributed by atoms with van der Waals surface area (Å²) < 4.78 is 0. The fourth-order valence-electron chi connectivity index (χ4n) is 0.948. The lowest BCUT2D eigenvalue weighted by Gasteiger charge is -2.10. The molecule has 4 nitrogen and oxygen atoms in total. The Hall–Kier alpha value is -1.23. The van der Waals surface area contributed by atoms with Gasteiger partial charge in [0.1, 0.15) is 0 Å². The van der Waals surface area contributed by atoms with Gasteiger partial charge in [0, 0.05) is 18.1 Å². The highest BCUT2D eigenvalue weighted by Gasteiger charge is 2.13. The first kappa shape index (κ1) is 10.8. The molecule has 0 fully saturated rings. The van der Waals surface area contributed by atoms with Gasteiger partial charge in [0.2, 0.25) is 5.91 Å². The van der Waals surface area contributed by atoms with Crippen LogP contribution in [0.1, 0.15) is 6.92 Å². The molecule has 1 amide bonds. The Labute approximate surface area is 87.3 Å². The van der Waals surface area contributed by atoms with Crippen LogP contribution in [0.2, 0.25) is 0 Å². The molecule has 0 aliphatic carbocycles. The molecule has 1 aromatic rings. The number of nitrogens with two attached hydrogens (primary N) is 1. The van der Waals surface area contributed by atoms with Crippen LogP contribution in [-0.2, 0) is 4.79 Å². The largest absolute Gasteiger partial charge is 0.397 e. The van der Waals surface area contributed by atoms with Gasteiger partial charge in [0.15, 0.2) is 0 Å². The highest BCUT2D eigenvalue weighted by Crippen LogP contribution is 2.27. The molecule has 0 radical (unpaired) electrons. The highest BCUT2D eigenvalue weighted by atomic mass is 32.2. The summed E-state index contributed by atoms with van der Waals surface area (Å²) in [4.78, 5) is 16.0. The minimum Gasteiger partial charge on any atom is -0.397 e. The van der Waals surface area contributed by atoms with Gasteiger partial charge in [0.05, 0.1) is 17.1 Å². The van der Waals surface area contributed by atoms with Crippen LogP contribution in [0.25, 0.3) is 0 Å². The smallest absolute Gasteiger partial charge is 0.232 e. The van der Waals surface area contributed by atoms with Crippen LogP contribution in [0.4, 0.5) is 5.69 Å². The first-order valence-corrected chi connectivity index (χ1v) is 5.11. The van der Waals surface area contributed by atoms with Crippen LogP contribution in [-0.4, -0.2) is 23.2 Å². The minimum absolute atomic E-state index is 0.00814. The van der Waals surface area contributed by atoms with Crippen molar-refractivity contribution in [2.45, 2.75) is 17.1 Å². The second-order valence-corrected chi connectivity index (χ2v) is 4.17. The second-order valence-electron chi connectivity index (χ2n) is 2.79. The number of nitrogens with zero attached hydrogens (tertiary/aromatic N) is 1. The van der Waals surface area contributed by atoms with Gasteiger partial charge in [-0.1, -0.05) is 0 Å². The van der Waals surface area contributed by atoms with Gasteiger partial charge in [-0.15, -0.1) is 11.8 Å². The van der Waals surface area contributed by atoms with Crippen molar-refractivity contribution in [2.75, 3.05) is 12.8 Å². The Kier molecular flexibility index (Phi) is 3.76. The fourth-order valence-corrected chi connectivity index (χ4v) is 1.88. The molecular weight excluding hydrogens is 198 g/mol. The summed E-state index contributed by atoms with van der Waals surface area (Å²) in [5, 5.41) is 2.44. The molecule has 1 unspecified atom stereocenters. The van der Waals surface area contributed by atoms with E-state index in [0.717, 1.165) is 4.90 Å². The molecule has 76 valence electrons. The van der Waals surface area contributed by atoms with Gasteiger partial charge in [-0.25, -0.2) is 0 Å². The molecule has 1 atom stereocenters. The molecular formula is C9H13N3OS.